The topological polar surface area (TPSA) is 81.7 Å². The van der Waals surface area contributed by atoms with E-state index in [1.165, 1.54) is 0 Å². The van der Waals surface area contributed by atoms with Crippen molar-refractivity contribution >= 4 is 25.5 Å². The highest BCUT2D eigenvalue weighted by Crippen LogP contribution is 2.38. The van der Waals surface area contributed by atoms with Crippen LogP contribution in [0.4, 0.5) is 9.18 Å². The minimum Gasteiger partial charge on any atom is -0.461 e. The lowest BCUT2D eigenvalue weighted by Gasteiger charge is -2.35. The lowest BCUT2D eigenvalue weighted by Crippen LogP contribution is -2.49. The van der Waals surface area contributed by atoms with Gasteiger partial charge in [-0.2, -0.15) is 4.39 Å². The van der Waals surface area contributed by atoms with Gasteiger partial charge in [0.1, 0.15) is 19.1 Å². The van der Waals surface area contributed by atoms with E-state index in [1.54, 1.807) is 40.8 Å². The number of ether oxygens (including phenoxy) is 2. The first-order valence-corrected chi connectivity index (χ1v) is 11.6. The second-order valence-corrected chi connectivity index (χ2v) is 13.8. The molecule has 0 saturated heterocycles. The summed E-state index contributed by atoms with van der Waals surface area (Å²) < 4.78 is 24.4. The SMILES string of the molecule is CCOC(=O)/C(F)=C(/CNC(=O)OC(C)(C)C)C(=O)[Si](C)(C)C(C)(C)C. The van der Waals surface area contributed by atoms with Crippen molar-refractivity contribution < 1.29 is 28.2 Å². The number of carbonyl (C=O) groups is 3. The number of alkyl carbamates (subject to hydrolysis) is 1. The Balaban J connectivity index is 5.73. The molecule has 6 nitrogen and oxygen atoms in total. The fourth-order valence-corrected chi connectivity index (χ4v) is 3.40. The average Bonchev–Trinajstić information content (AvgIpc) is 2.43. The highest BCUT2D eigenvalue weighted by atomic mass is 28.3. The van der Waals surface area contributed by atoms with Gasteiger partial charge in [-0.05, 0) is 32.7 Å². The molecule has 0 aliphatic rings. The molecule has 0 unspecified atom stereocenters. The van der Waals surface area contributed by atoms with Crippen LogP contribution in [0.15, 0.2) is 11.4 Å². The minimum atomic E-state index is -2.66. The molecule has 0 aromatic heterocycles. The third-order valence-electron chi connectivity index (χ3n) is 4.24. The largest absolute Gasteiger partial charge is 0.461 e. The van der Waals surface area contributed by atoms with E-state index in [2.05, 4.69) is 10.1 Å². The van der Waals surface area contributed by atoms with Crippen molar-refractivity contribution in [3.63, 3.8) is 0 Å². The molecule has 0 saturated carbocycles. The van der Waals surface area contributed by atoms with Crippen LogP contribution in [0.25, 0.3) is 0 Å². The lowest BCUT2D eigenvalue weighted by atomic mass is 10.2. The fraction of sp³-hybridized carbons (Fsp3) is 0.722. The highest BCUT2D eigenvalue weighted by molar-refractivity contribution is 7.08. The minimum absolute atomic E-state index is 0.0205. The average molecular weight is 390 g/mol. The van der Waals surface area contributed by atoms with Crippen molar-refractivity contribution in [1.82, 2.24) is 5.32 Å². The number of esters is 1. The van der Waals surface area contributed by atoms with Gasteiger partial charge in [0.15, 0.2) is 0 Å². The van der Waals surface area contributed by atoms with Crippen LogP contribution in [-0.4, -0.2) is 44.3 Å². The standard InChI is InChI=1S/C18H32FNO5Si/c1-10-24-14(21)13(19)12(11-20-16(23)25-17(2,3)4)15(22)26(8,9)18(5,6)7/h10-11H2,1-9H3,(H,20,23)/b13-12+. The van der Waals surface area contributed by atoms with Crippen LogP contribution in [0, 0.1) is 0 Å². The molecule has 0 radical (unpaired) electrons. The fourth-order valence-electron chi connectivity index (χ4n) is 1.77. The molecular formula is C18H32FNO5Si. The number of carbonyl (C=O) groups excluding carboxylic acids is 3. The number of amides is 1. The number of hydrogen-bond donors (Lipinski definition) is 1. The van der Waals surface area contributed by atoms with E-state index in [4.69, 9.17) is 4.74 Å². The Hall–Kier alpha value is -1.70. The van der Waals surface area contributed by atoms with Gasteiger partial charge in [0.2, 0.25) is 5.83 Å². The second-order valence-electron chi connectivity index (χ2n) is 8.57. The maximum atomic E-state index is 14.6. The molecular weight excluding hydrogens is 357 g/mol. The Labute approximate surface area is 156 Å². The zero-order valence-corrected chi connectivity index (χ0v) is 18.3. The molecule has 1 amide bonds. The van der Waals surface area contributed by atoms with Crippen LogP contribution in [0.3, 0.4) is 0 Å². The lowest BCUT2D eigenvalue weighted by molar-refractivity contribution is -0.140. The molecule has 0 aliphatic carbocycles. The van der Waals surface area contributed by atoms with Crippen molar-refractivity contribution in [3.05, 3.63) is 11.4 Å². The van der Waals surface area contributed by atoms with Crippen LogP contribution in [0.1, 0.15) is 48.5 Å². The van der Waals surface area contributed by atoms with Crippen molar-refractivity contribution in [2.24, 2.45) is 0 Å². The number of halogens is 1. The Morgan fingerprint density at radius 2 is 1.54 bits per heavy atom. The molecule has 1 N–H and O–H groups in total. The number of nitrogens with one attached hydrogen (secondary N) is 1. The predicted molar refractivity (Wildman–Crippen MR) is 101 cm³/mol. The van der Waals surface area contributed by atoms with Crippen LogP contribution in [0.2, 0.25) is 18.1 Å². The van der Waals surface area contributed by atoms with E-state index in [0.717, 1.165) is 0 Å². The Morgan fingerprint density at radius 3 is 1.92 bits per heavy atom. The normalized spacial score (nSPS) is 13.6. The molecule has 150 valence electrons. The quantitative estimate of drug-likeness (QED) is 0.423. The molecule has 8 heteroatoms. The van der Waals surface area contributed by atoms with Gasteiger partial charge in [-0.1, -0.05) is 33.9 Å². The molecule has 0 aromatic rings. The summed E-state index contributed by atoms with van der Waals surface area (Å²) in [7, 11) is -2.66. The van der Waals surface area contributed by atoms with Gasteiger partial charge >= 0.3 is 12.1 Å². The van der Waals surface area contributed by atoms with E-state index in [1.807, 2.05) is 20.8 Å². The van der Waals surface area contributed by atoms with Crippen LogP contribution >= 0.6 is 0 Å². The van der Waals surface area contributed by atoms with Gasteiger partial charge in [-0.25, -0.2) is 9.59 Å². The highest BCUT2D eigenvalue weighted by Gasteiger charge is 2.45. The summed E-state index contributed by atoms with van der Waals surface area (Å²) in [6.07, 6.45) is -0.797. The molecule has 0 heterocycles. The Bertz CT molecular complexity index is 585. The summed E-state index contributed by atoms with van der Waals surface area (Å²) in [4.78, 5) is 36.7. The first-order valence-electron chi connectivity index (χ1n) is 8.62. The predicted octanol–water partition coefficient (Wildman–Crippen LogP) is 3.91. The monoisotopic (exact) mass is 389 g/mol. The van der Waals surface area contributed by atoms with E-state index < -0.39 is 43.5 Å². The van der Waals surface area contributed by atoms with Gasteiger partial charge in [-0.3, -0.25) is 0 Å². The van der Waals surface area contributed by atoms with Crippen molar-refractivity contribution in [2.45, 2.75) is 72.2 Å². The summed E-state index contributed by atoms with van der Waals surface area (Å²) in [6.45, 7) is 15.4. The van der Waals surface area contributed by atoms with E-state index in [-0.39, 0.29) is 17.2 Å². The molecule has 0 aliphatic heterocycles. The molecule has 0 bridgehead atoms. The maximum Gasteiger partial charge on any atom is 0.407 e. The van der Waals surface area contributed by atoms with Gasteiger partial charge in [0, 0.05) is 0 Å². The molecule has 0 spiro atoms. The van der Waals surface area contributed by atoms with E-state index in [9.17, 15) is 18.8 Å². The van der Waals surface area contributed by atoms with E-state index in [0.29, 0.717) is 0 Å². The van der Waals surface area contributed by atoms with E-state index >= 15 is 0 Å². The Kier molecular flexibility index (Phi) is 8.22. The van der Waals surface area contributed by atoms with Crippen molar-refractivity contribution in [3.8, 4) is 0 Å². The van der Waals surface area contributed by atoms with Crippen molar-refractivity contribution in [2.75, 3.05) is 13.2 Å². The van der Waals surface area contributed by atoms with Gasteiger partial charge in [-0.15, -0.1) is 0 Å². The summed E-state index contributed by atoms with van der Waals surface area (Å²) in [5, 5.41) is 1.55. The van der Waals surface area contributed by atoms with Gasteiger partial charge < -0.3 is 19.6 Å². The molecule has 0 atom stereocenters. The second kappa shape index (κ2) is 8.79. The third kappa shape index (κ3) is 6.90. The number of rotatable bonds is 6. The Morgan fingerprint density at radius 1 is 1.04 bits per heavy atom. The first kappa shape index (κ1) is 24.3. The van der Waals surface area contributed by atoms with Crippen molar-refractivity contribution in [1.29, 1.82) is 0 Å². The zero-order chi connectivity index (χ0) is 20.9. The molecule has 0 aromatic carbocycles. The third-order valence-corrected chi connectivity index (χ3v) is 9.43. The van der Waals surface area contributed by atoms with Gasteiger partial charge in [0.05, 0.1) is 18.7 Å². The summed E-state index contributed by atoms with van der Waals surface area (Å²) >= 11 is 0. The summed E-state index contributed by atoms with van der Waals surface area (Å²) in [5.41, 5.74) is -1.11. The number of hydrogen-bond acceptors (Lipinski definition) is 5. The van der Waals surface area contributed by atoms with Gasteiger partial charge in [0.25, 0.3) is 0 Å². The summed E-state index contributed by atoms with van der Waals surface area (Å²) in [5.74, 6) is -2.47. The zero-order valence-electron chi connectivity index (χ0n) is 17.3. The molecule has 0 fully saturated rings. The molecule has 26 heavy (non-hydrogen) atoms. The first-order chi connectivity index (χ1) is 11.5. The smallest absolute Gasteiger partial charge is 0.407 e. The summed E-state index contributed by atoms with van der Waals surface area (Å²) in [6, 6.07) is 0. The van der Waals surface area contributed by atoms with Crippen LogP contribution < -0.4 is 5.32 Å². The molecule has 0 rings (SSSR count). The van der Waals surface area contributed by atoms with Crippen LogP contribution in [-0.2, 0) is 19.1 Å². The maximum absolute atomic E-state index is 14.6. The van der Waals surface area contributed by atoms with Crippen LogP contribution in [0.5, 0.6) is 0 Å².